The lowest BCUT2D eigenvalue weighted by atomic mass is 10.2. The molecule has 0 aliphatic heterocycles. The van der Waals surface area contributed by atoms with E-state index in [1.165, 1.54) is 0 Å². The van der Waals surface area contributed by atoms with Crippen LogP contribution in [0.15, 0.2) is 24.3 Å². The summed E-state index contributed by atoms with van der Waals surface area (Å²) < 4.78 is 0. The van der Waals surface area contributed by atoms with Gasteiger partial charge in [0.05, 0.1) is 16.8 Å². The van der Waals surface area contributed by atoms with E-state index in [4.69, 9.17) is 17.3 Å². The molecule has 1 aromatic carbocycles. The molecule has 4 heteroatoms. The van der Waals surface area contributed by atoms with Crippen LogP contribution in [0.4, 0.5) is 5.69 Å². The summed E-state index contributed by atoms with van der Waals surface area (Å²) in [6, 6.07) is 6.58. The van der Waals surface area contributed by atoms with Crippen LogP contribution >= 0.6 is 11.6 Å². The van der Waals surface area contributed by atoms with Crippen molar-refractivity contribution in [1.29, 1.82) is 0 Å². The van der Waals surface area contributed by atoms with Crippen LogP contribution in [0.25, 0.3) is 0 Å². The number of carbonyl (C=O) groups is 1. The summed E-state index contributed by atoms with van der Waals surface area (Å²) in [4.78, 5) is 11.4. The van der Waals surface area contributed by atoms with E-state index in [2.05, 4.69) is 5.32 Å². The lowest BCUT2D eigenvalue weighted by molar-refractivity contribution is -0.117. The predicted octanol–water partition coefficient (Wildman–Crippen LogP) is 2.02. The SMILES string of the molecule is CC[C@H](N)C(=O)Nc1ccccc1Cl. The molecule has 0 radical (unpaired) electrons. The third-order valence-electron chi connectivity index (χ3n) is 1.91. The summed E-state index contributed by atoms with van der Waals surface area (Å²) >= 11 is 5.86. The van der Waals surface area contributed by atoms with Gasteiger partial charge in [-0.1, -0.05) is 30.7 Å². The molecule has 0 bridgehead atoms. The Morgan fingerprint density at radius 2 is 2.21 bits per heavy atom. The van der Waals surface area contributed by atoms with Gasteiger partial charge in [0.15, 0.2) is 0 Å². The van der Waals surface area contributed by atoms with Gasteiger partial charge in [-0.2, -0.15) is 0 Å². The number of anilines is 1. The second-order valence-corrected chi connectivity index (χ2v) is 3.39. The first kappa shape index (κ1) is 11.0. The number of benzene rings is 1. The normalized spacial score (nSPS) is 12.2. The highest BCUT2D eigenvalue weighted by Crippen LogP contribution is 2.20. The van der Waals surface area contributed by atoms with Crippen molar-refractivity contribution in [3.63, 3.8) is 0 Å². The number of nitrogens with two attached hydrogens (primary N) is 1. The summed E-state index contributed by atoms with van der Waals surface area (Å²) in [7, 11) is 0. The third kappa shape index (κ3) is 2.72. The van der Waals surface area contributed by atoms with E-state index in [-0.39, 0.29) is 5.91 Å². The molecule has 1 atom stereocenters. The van der Waals surface area contributed by atoms with Gasteiger partial charge in [-0.05, 0) is 18.6 Å². The van der Waals surface area contributed by atoms with Crippen molar-refractivity contribution in [3.8, 4) is 0 Å². The fraction of sp³-hybridized carbons (Fsp3) is 0.300. The lowest BCUT2D eigenvalue weighted by Gasteiger charge is -2.10. The number of halogens is 1. The molecule has 1 aromatic rings. The molecule has 0 heterocycles. The highest BCUT2D eigenvalue weighted by atomic mass is 35.5. The average molecular weight is 213 g/mol. The Morgan fingerprint density at radius 1 is 1.57 bits per heavy atom. The van der Waals surface area contributed by atoms with Gasteiger partial charge >= 0.3 is 0 Å². The van der Waals surface area contributed by atoms with E-state index in [1.54, 1.807) is 24.3 Å². The number of rotatable bonds is 3. The number of amides is 1. The van der Waals surface area contributed by atoms with Gasteiger partial charge in [0.1, 0.15) is 0 Å². The lowest BCUT2D eigenvalue weighted by Crippen LogP contribution is -2.34. The van der Waals surface area contributed by atoms with Crippen molar-refractivity contribution >= 4 is 23.2 Å². The van der Waals surface area contributed by atoms with Crippen LogP contribution in [0, 0.1) is 0 Å². The third-order valence-corrected chi connectivity index (χ3v) is 2.24. The van der Waals surface area contributed by atoms with E-state index in [0.717, 1.165) is 0 Å². The van der Waals surface area contributed by atoms with Crippen LogP contribution in [0.5, 0.6) is 0 Å². The van der Waals surface area contributed by atoms with Crippen molar-refractivity contribution in [2.24, 2.45) is 5.73 Å². The van der Waals surface area contributed by atoms with Gasteiger partial charge < -0.3 is 11.1 Å². The minimum absolute atomic E-state index is 0.208. The molecule has 3 N–H and O–H groups in total. The van der Waals surface area contributed by atoms with E-state index >= 15 is 0 Å². The fourth-order valence-corrected chi connectivity index (χ4v) is 1.16. The Kier molecular flexibility index (Phi) is 3.92. The number of hydrogen-bond donors (Lipinski definition) is 2. The maximum Gasteiger partial charge on any atom is 0.241 e. The van der Waals surface area contributed by atoms with Crippen molar-refractivity contribution in [3.05, 3.63) is 29.3 Å². The van der Waals surface area contributed by atoms with Gasteiger partial charge in [-0.3, -0.25) is 4.79 Å². The van der Waals surface area contributed by atoms with Crippen molar-refractivity contribution in [1.82, 2.24) is 0 Å². The molecule has 1 rings (SSSR count). The van der Waals surface area contributed by atoms with Crippen LogP contribution in [0.3, 0.4) is 0 Å². The molecular weight excluding hydrogens is 200 g/mol. The zero-order valence-corrected chi connectivity index (χ0v) is 8.71. The Morgan fingerprint density at radius 3 is 2.79 bits per heavy atom. The van der Waals surface area contributed by atoms with Gasteiger partial charge in [0, 0.05) is 0 Å². The molecule has 76 valence electrons. The second-order valence-electron chi connectivity index (χ2n) is 2.98. The topological polar surface area (TPSA) is 55.1 Å². The van der Waals surface area contributed by atoms with Gasteiger partial charge in [0.2, 0.25) is 5.91 Å². The second kappa shape index (κ2) is 4.98. The molecule has 1 amide bonds. The number of para-hydroxylation sites is 1. The van der Waals surface area contributed by atoms with Crippen LogP contribution in [0.2, 0.25) is 5.02 Å². The van der Waals surface area contributed by atoms with Crippen LogP contribution in [-0.4, -0.2) is 11.9 Å². The van der Waals surface area contributed by atoms with E-state index < -0.39 is 6.04 Å². The maximum absolute atomic E-state index is 11.4. The minimum Gasteiger partial charge on any atom is -0.323 e. The number of nitrogens with one attached hydrogen (secondary N) is 1. The molecule has 3 nitrogen and oxygen atoms in total. The molecule has 0 spiro atoms. The predicted molar refractivity (Wildman–Crippen MR) is 58.3 cm³/mol. The highest BCUT2D eigenvalue weighted by Gasteiger charge is 2.11. The monoisotopic (exact) mass is 212 g/mol. The first-order valence-electron chi connectivity index (χ1n) is 4.46. The van der Waals surface area contributed by atoms with Crippen LogP contribution in [-0.2, 0) is 4.79 Å². The van der Waals surface area contributed by atoms with Crippen molar-refractivity contribution in [2.75, 3.05) is 5.32 Å². The molecule has 0 saturated heterocycles. The van der Waals surface area contributed by atoms with E-state index in [9.17, 15) is 4.79 Å². The summed E-state index contributed by atoms with van der Waals surface area (Å²) in [5, 5.41) is 3.18. The van der Waals surface area contributed by atoms with Crippen molar-refractivity contribution in [2.45, 2.75) is 19.4 Å². The molecule has 0 fully saturated rings. The van der Waals surface area contributed by atoms with E-state index in [0.29, 0.717) is 17.1 Å². The standard InChI is InChI=1S/C10H13ClN2O/c1-2-8(12)10(14)13-9-6-4-3-5-7(9)11/h3-6,8H,2,12H2,1H3,(H,13,14)/t8-/m0/s1. The molecule has 0 aliphatic carbocycles. The van der Waals surface area contributed by atoms with Gasteiger partial charge in [-0.25, -0.2) is 0 Å². The average Bonchev–Trinajstić information content (AvgIpc) is 2.20. The molecule has 0 unspecified atom stereocenters. The molecule has 14 heavy (non-hydrogen) atoms. The van der Waals surface area contributed by atoms with Crippen molar-refractivity contribution < 1.29 is 4.79 Å². The Labute approximate surface area is 88.2 Å². The Hall–Kier alpha value is -1.06. The molecular formula is C10H13ClN2O. The minimum atomic E-state index is -0.480. The Balaban J connectivity index is 2.70. The molecule has 0 saturated carbocycles. The Bertz CT molecular complexity index is 328. The molecule has 0 aliphatic rings. The summed E-state index contributed by atoms with van der Waals surface area (Å²) in [5.41, 5.74) is 6.16. The van der Waals surface area contributed by atoms with Gasteiger partial charge in [0.25, 0.3) is 0 Å². The van der Waals surface area contributed by atoms with E-state index in [1.807, 2.05) is 6.92 Å². The number of hydrogen-bond acceptors (Lipinski definition) is 2. The zero-order chi connectivity index (χ0) is 10.6. The quantitative estimate of drug-likeness (QED) is 0.806. The maximum atomic E-state index is 11.4. The smallest absolute Gasteiger partial charge is 0.241 e. The first-order valence-corrected chi connectivity index (χ1v) is 4.84. The first-order chi connectivity index (χ1) is 6.65. The zero-order valence-electron chi connectivity index (χ0n) is 7.96. The molecule has 0 aromatic heterocycles. The van der Waals surface area contributed by atoms with Crippen LogP contribution in [0.1, 0.15) is 13.3 Å². The van der Waals surface area contributed by atoms with Crippen LogP contribution < -0.4 is 11.1 Å². The number of carbonyl (C=O) groups excluding carboxylic acids is 1. The fourth-order valence-electron chi connectivity index (χ4n) is 0.973. The summed E-state index contributed by atoms with van der Waals surface area (Å²) in [6.07, 6.45) is 0.607. The largest absolute Gasteiger partial charge is 0.323 e. The highest BCUT2D eigenvalue weighted by molar-refractivity contribution is 6.33. The van der Waals surface area contributed by atoms with Gasteiger partial charge in [-0.15, -0.1) is 0 Å². The summed E-state index contributed by atoms with van der Waals surface area (Å²) in [6.45, 7) is 1.86. The summed E-state index contributed by atoms with van der Waals surface area (Å²) in [5.74, 6) is -0.208.